The lowest BCUT2D eigenvalue weighted by Gasteiger charge is -2.31. The highest BCUT2D eigenvalue weighted by molar-refractivity contribution is 7.22. The molecule has 5 nitrogen and oxygen atoms in total. The first kappa shape index (κ1) is 14.4. The SMILES string of the molecule is c1cc(OCC2CCN(c3nc4cnccc4s3)CC2)ccn1. The second kappa shape index (κ2) is 6.50. The third kappa shape index (κ3) is 3.27. The normalized spacial score (nSPS) is 15.9. The molecule has 1 fully saturated rings. The number of nitrogens with zero attached hydrogens (tertiary/aromatic N) is 4. The van der Waals surface area contributed by atoms with E-state index in [0.717, 1.165) is 48.9 Å². The van der Waals surface area contributed by atoms with Crippen molar-refractivity contribution in [2.24, 2.45) is 5.92 Å². The molecule has 1 aliphatic rings. The Labute approximate surface area is 139 Å². The molecule has 0 saturated carbocycles. The van der Waals surface area contributed by atoms with Crippen LogP contribution in [-0.2, 0) is 0 Å². The third-order valence-corrected chi connectivity index (χ3v) is 5.30. The fourth-order valence-electron chi connectivity index (χ4n) is 2.84. The Hall–Kier alpha value is -2.21. The average molecular weight is 326 g/mol. The maximum absolute atomic E-state index is 5.85. The summed E-state index contributed by atoms with van der Waals surface area (Å²) in [6, 6.07) is 5.85. The van der Waals surface area contributed by atoms with E-state index >= 15 is 0 Å². The van der Waals surface area contributed by atoms with E-state index in [1.165, 1.54) is 4.70 Å². The molecule has 1 aliphatic heterocycles. The van der Waals surface area contributed by atoms with Crippen molar-refractivity contribution in [3.63, 3.8) is 0 Å². The molecule has 6 heteroatoms. The Morgan fingerprint density at radius 1 is 1.09 bits per heavy atom. The van der Waals surface area contributed by atoms with Crippen LogP contribution in [0.15, 0.2) is 43.0 Å². The van der Waals surface area contributed by atoms with Crippen LogP contribution in [0.4, 0.5) is 5.13 Å². The van der Waals surface area contributed by atoms with E-state index in [4.69, 9.17) is 9.72 Å². The van der Waals surface area contributed by atoms with Crippen LogP contribution < -0.4 is 9.64 Å². The molecule has 0 unspecified atom stereocenters. The lowest BCUT2D eigenvalue weighted by Crippen LogP contribution is -2.35. The van der Waals surface area contributed by atoms with Crippen molar-refractivity contribution in [3.05, 3.63) is 43.0 Å². The fraction of sp³-hybridized carbons (Fsp3) is 0.353. The lowest BCUT2D eigenvalue weighted by molar-refractivity contribution is 0.222. The van der Waals surface area contributed by atoms with Crippen LogP contribution in [0.25, 0.3) is 10.2 Å². The number of hydrogen-bond acceptors (Lipinski definition) is 6. The topological polar surface area (TPSA) is 51.1 Å². The molecule has 0 aromatic carbocycles. The van der Waals surface area contributed by atoms with E-state index in [1.54, 1.807) is 23.7 Å². The van der Waals surface area contributed by atoms with Crippen molar-refractivity contribution in [2.75, 3.05) is 24.6 Å². The third-order valence-electron chi connectivity index (χ3n) is 4.20. The van der Waals surface area contributed by atoms with Crippen molar-refractivity contribution < 1.29 is 4.74 Å². The van der Waals surface area contributed by atoms with Crippen LogP contribution in [0.1, 0.15) is 12.8 Å². The molecule has 0 N–H and O–H groups in total. The van der Waals surface area contributed by atoms with Gasteiger partial charge >= 0.3 is 0 Å². The Kier molecular flexibility index (Phi) is 4.06. The predicted molar refractivity (Wildman–Crippen MR) is 92.1 cm³/mol. The van der Waals surface area contributed by atoms with Crippen LogP contribution in [-0.4, -0.2) is 34.6 Å². The molecule has 0 amide bonds. The quantitative estimate of drug-likeness (QED) is 0.735. The first-order chi connectivity index (χ1) is 11.4. The van der Waals surface area contributed by atoms with E-state index in [-0.39, 0.29) is 0 Å². The summed E-state index contributed by atoms with van der Waals surface area (Å²) in [5.74, 6) is 1.51. The molecule has 4 rings (SSSR count). The van der Waals surface area contributed by atoms with Gasteiger partial charge in [-0.15, -0.1) is 0 Å². The van der Waals surface area contributed by atoms with Crippen molar-refractivity contribution in [1.29, 1.82) is 0 Å². The second-order valence-electron chi connectivity index (χ2n) is 5.76. The molecule has 118 valence electrons. The van der Waals surface area contributed by atoms with Gasteiger partial charge in [0.15, 0.2) is 5.13 Å². The van der Waals surface area contributed by atoms with Crippen LogP contribution in [0.3, 0.4) is 0 Å². The smallest absolute Gasteiger partial charge is 0.186 e. The summed E-state index contributed by atoms with van der Waals surface area (Å²) in [4.78, 5) is 15.2. The van der Waals surface area contributed by atoms with Gasteiger partial charge in [0.1, 0.15) is 11.3 Å². The van der Waals surface area contributed by atoms with Crippen molar-refractivity contribution in [3.8, 4) is 5.75 Å². The number of thiazole rings is 1. The molecule has 3 aromatic rings. The molecule has 0 spiro atoms. The molecule has 0 radical (unpaired) electrons. The Morgan fingerprint density at radius 3 is 2.65 bits per heavy atom. The van der Waals surface area contributed by atoms with Gasteiger partial charge in [-0.05, 0) is 37.0 Å². The average Bonchev–Trinajstić information content (AvgIpc) is 3.05. The van der Waals surface area contributed by atoms with Crippen LogP contribution in [0, 0.1) is 5.92 Å². The molecule has 0 bridgehead atoms. The summed E-state index contributed by atoms with van der Waals surface area (Å²) >= 11 is 1.75. The highest BCUT2D eigenvalue weighted by atomic mass is 32.1. The zero-order chi connectivity index (χ0) is 15.5. The highest BCUT2D eigenvalue weighted by Crippen LogP contribution is 2.31. The fourth-order valence-corrected chi connectivity index (χ4v) is 3.83. The van der Waals surface area contributed by atoms with E-state index in [9.17, 15) is 0 Å². The zero-order valence-corrected chi connectivity index (χ0v) is 13.6. The van der Waals surface area contributed by atoms with Crippen molar-refractivity contribution >= 4 is 26.7 Å². The van der Waals surface area contributed by atoms with Gasteiger partial charge in [0.2, 0.25) is 0 Å². The number of ether oxygens (including phenoxy) is 1. The van der Waals surface area contributed by atoms with E-state index < -0.39 is 0 Å². The number of rotatable bonds is 4. The minimum absolute atomic E-state index is 0.607. The largest absolute Gasteiger partial charge is 0.493 e. The summed E-state index contributed by atoms with van der Waals surface area (Å²) in [6.45, 7) is 2.86. The van der Waals surface area contributed by atoms with Crippen LogP contribution in [0.5, 0.6) is 5.75 Å². The van der Waals surface area contributed by atoms with Gasteiger partial charge in [0, 0.05) is 31.7 Å². The van der Waals surface area contributed by atoms with Crippen LogP contribution >= 0.6 is 11.3 Å². The number of piperidine rings is 1. The van der Waals surface area contributed by atoms with Gasteiger partial charge in [0.05, 0.1) is 17.5 Å². The van der Waals surface area contributed by atoms with Gasteiger partial charge in [-0.1, -0.05) is 11.3 Å². The van der Waals surface area contributed by atoms with Crippen molar-refractivity contribution in [2.45, 2.75) is 12.8 Å². The summed E-state index contributed by atoms with van der Waals surface area (Å²) in [5.41, 5.74) is 0.996. The van der Waals surface area contributed by atoms with Gasteiger partial charge in [-0.3, -0.25) is 9.97 Å². The molecular formula is C17H18N4OS. The molecule has 3 aromatic heterocycles. The predicted octanol–water partition coefficient (Wildman–Crippen LogP) is 3.38. The molecule has 0 atom stereocenters. The standard InChI is InChI=1S/C17H18N4OS/c1-6-18-7-2-14(1)22-12-13-4-9-21(10-5-13)17-20-15-11-19-8-3-16(15)23-17/h1-3,6-8,11,13H,4-5,9-10,12H2. The highest BCUT2D eigenvalue weighted by Gasteiger charge is 2.22. The Balaban J connectivity index is 1.33. The van der Waals surface area contributed by atoms with Gasteiger partial charge in [0.25, 0.3) is 0 Å². The van der Waals surface area contributed by atoms with E-state index in [2.05, 4.69) is 14.9 Å². The number of hydrogen-bond donors (Lipinski definition) is 0. The lowest BCUT2D eigenvalue weighted by atomic mass is 9.98. The molecule has 1 saturated heterocycles. The Morgan fingerprint density at radius 2 is 1.87 bits per heavy atom. The van der Waals surface area contributed by atoms with E-state index in [1.807, 2.05) is 30.6 Å². The minimum Gasteiger partial charge on any atom is -0.493 e. The summed E-state index contributed by atoms with van der Waals surface area (Å²) in [5, 5.41) is 1.11. The second-order valence-corrected chi connectivity index (χ2v) is 6.77. The van der Waals surface area contributed by atoms with Crippen molar-refractivity contribution in [1.82, 2.24) is 15.0 Å². The number of pyridine rings is 2. The molecule has 0 aliphatic carbocycles. The first-order valence-electron chi connectivity index (χ1n) is 7.87. The van der Waals surface area contributed by atoms with E-state index in [0.29, 0.717) is 5.92 Å². The van der Waals surface area contributed by atoms with Crippen LogP contribution in [0.2, 0.25) is 0 Å². The summed E-state index contributed by atoms with van der Waals surface area (Å²) in [6.07, 6.45) is 9.47. The number of anilines is 1. The molecule has 23 heavy (non-hydrogen) atoms. The monoisotopic (exact) mass is 326 g/mol. The molecular weight excluding hydrogens is 308 g/mol. The summed E-state index contributed by atoms with van der Waals surface area (Å²) < 4.78 is 7.06. The van der Waals surface area contributed by atoms with Gasteiger partial charge in [-0.2, -0.15) is 0 Å². The summed E-state index contributed by atoms with van der Waals surface area (Å²) in [7, 11) is 0. The zero-order valence-electron chi connectivity index (χ0n) is 12.8. The Bertz CT molecular complexity index is 735. The maximum atomic E-state index is 5.85. The van der Waals surface area contributed by atoms with Gasteiger partial charge in [-0.25, -0.2) is 4.98 Å². The first-order valence-corrected chi connectivity index (χ1v) is 8.68. The maximum Gasteiger partial charge on any atom is 0.186 e. The molecule has 4 heterocycles. The minimum atomic E-state index is 0.607. The number of aromatic nitrogens is 3. The number of fused-ring (bicyclic) bond motifs is 1. The van der Waals surface area contributed by atoms with Gasteiger partial charge < -0.3 is 9.64 Å².